The van der Waals surface area contributed by atoms with E-state index in [-0.39, 0.29) is 30.3 Å². The van der Waals surface area contributed by atoms with Crippen molar-refractivity contribution in [3.05, 3.63) is 65.7 Å². The summed E-state index contributed by atoms with van der Waals surface area (Å²) in [5.74, 6) is -3.32. The van der Waals surface area contributed by atoms with Crippen LogP contribution in [0.3, 0.4) is 0 Å². The fourth-order valence-corrected chi connectivity index (χ4v) is 3.87. The van der Waals surface area contributed by atoms with Crippen LogP contribution in [0.2, 0.25) is 0 Å². The predicted octanol–water partition coefficient (Wildman–Crippen LogP) is 1.02. The van der Waals surface area contributed by atoms with E-state index in [1.807, 2.05) is 13.0 Å². The highest BCUT2D eigenvalue weighted by Crippen LogP contribution is 2.14. The van der Waals surface area contributed by atoms with Crippen LogP contribution < -0.4 is 21.7 Å². The molecule has 0 aromatic heterocycles. The minimum absolute atomic E-state index is 0.0207. The number of benzene rings is 2. The van der Waals surface area contributed by atoms with Gasteiger partial charge in [-0.1, -0.05) is 62.7 Å². The molecule has 5 unspecified atom stereocenters. The minimum atomic E-state index is -1.18. The molecule has 0 spiro atoms. The lowest BCUT2D eigenvalue weighted by atomic mass is 9.97. The van der Waals surface area contributed by atoms with Crippen LogP contribution in [0.25, 0.3) is 0 Å². The van der Waals surface area contributed by atoms with Crippen LogP contribution in [0.4, 0.5) is 0 Å². The number of nitrogens with one attached hydrogen (secondary N) is 3. The van der Waals surface area contributed by atoms with E-state index in [1.54, 1.807) is 43.3 Å². The van der Waals surface area contributed by atoms with Gasteiger partial charge >= 0.3 is 5.97 Å². The largest absolute Gasteiger partial charge is 0.508 e. The number of thiol groups is 1. The van der Waals surface area contributed by atoms with Gasteiger partial charge in [0.25, 0.3) is 0 Å². The standard InChI is InChI=1S/C27H36N4O6S/c1-3-16(2)23(27(36)37)31-26(35)22(14-18-9-11-19(32)12-10-18)30-25(34)21(29-24(33)20(28)15-38)13-17-7-5-4-6-8-17/h4-12,16,20-23,32,38H,3,13-15,28H2,1-2H3,(H,29,33)(H,30,34)(H,31,35)(H,36,37). The molecule has 2 aromatic carbocycles. The normalized spacial score (nSPS) is 14.8. The molecule has 2 aromatic rings. The molecule has 0 saturated heterocycles. The fourth-order valence-electron chi connectivity index (χ4n) is 3.71. The Kier molecular flexibility index (Phi) is 12.1. The summed E-state index contributed by atoms with van der Waals surface area (Å²) >= 11 is 4.04. The van der Waals surface area contributed by atoms with Crippen LogP contribution in [0.1, 0.15) is 31.4 Å². The first-order valence-corrected chi connectivity index (χ1v) is 13.0. The van der Waals surface area contributed by atoms with Crippen molar-refractivity contribution in [3.63, 3.8) is 0 Å². The number of hydrogen-bond donors (Lipinski definition) is 7. The van der Waals surface area contributed by atoms with E-state index in [4.69, 9.17) is 5.73 Å². The van der Waals surface area contributed by atoms with Crippen molar-refractivity contribution in [1.29, 1.82) is 0 Å². The van der Waals surface area contributed by atoms with Crippen molar-refractivity contribution in [2.75, 3.05) is 5.75 Å². The third-order valence-electron chi connectivity index (χ3n) is 6.24. The van der Waals surface area contributed by atoms with Gasteiger partial charge in [-0.2, -0.15) is 12.6 Å². The van der Waals surface area contributed by atoms with Crippen LogP contribution in [0.15, 0.2) is 54.6 Å². The minimum Gasteiger partial charge on any atom is -0.508 e. The van der Waals surface area contributed by atoms with Gasteiger partial charge in [0.1, 0.15) is 23.9 Å². The maximum Gasteiger partial charge on any atom is 0.326 e. The van der Waals surface area contributed by atoms with Gasteiger partial charge in [-0.15, -0.1) is 0 Å². The second-order valence-electron chi connectivity index (χ2n) is 9.18. The monoisotopic (exact) mass is 544 g/mol. The Hall–Kier alpha value is -3.57. The van der Waals surface area contributed by atoms with Gasteiger partial charge in [0.05, 0.1) is 6.04 Å². The lowest BCUT2D eigenvalue weighted by Crippen LogP contribution is -2.58. The number of amides is 3. The summed E-state index contributed by atoms with van der Waals surface area (Å²) in [5, 5.41) is 27.1. The van der Waals surface area contributed by atoms with E-state index in [1.165, 1.54) is 12.1 Å². The number of carboxylic acids is 1. The van der Waals surface area contributed by atoms with Gasteiger partial charge in [-0.05, 0) is 29.2 Å². The maximum absolute atomic E-state index is 13.4. The molecule has 0 bridgehead atoms. The highest BCUT2D eigenvalue weighted by molar-refractivity contribution is 7.80. The second-order valence-corrected chi connectivity index (χ2v) is 9.55. The van der Waals surface area contributed by atoms with E-state index in [2.05, 4.69) is 28.6 Å². The fraction of sp³-hybridized carbons (Fsp3) is 0.407. The van der Waals surface area contributed by atoms with E-state index < -0.39 is 47.9 Å². The first-order chi connectivity index (χ1) is 18.0. The number of rotatable bonds is 14. The second kappa shape index (κ2) is 15.0. The van der Waals surface area contributed by atoms with Crippen molar-refractivity contribution in [1.82, 2.24) is 16.0 Å². The van der Waals surface area contributed by atoms with Crippen molar-refractivity contribution in [2.45, 2.75) is 57.3 Å². The van der Waals surface area contributed by atoms with Crippen molar-refractivity contribution >= 4 is 36.3 Å². The molecule has 0 heterocycles. The van der Waals surface area contributed by atoms with E-state index in [9.17, 15) is 29.4 Å². The van der Waals surface area contributed by atoms with Gasteiger partial charge in [-0.3, -0.25) is 14.4 Å². The Balaban J connectivity index is 2.33. The van der Waals surface area contributed by atoms with E-state index in [0.717, 1.165) is 5.56 Å². The smallest absolute Gasteiger partial charge is 0.326 e. The zero-order chi connectivity index (χ0) is 28.2. The number of carbonyl (C=O) groups is 4. The first-order valence-electron chi connectivity index (χ1n) is 12.4. The third-order valence-corrected chi connectivity index (χ3v) is 6.63. The van der Waals surface area contributed by atoms with Crippen LogP contribution in [-0.4, -0.2) is 63.8 Å². The molecule has 7 N–H and O–H groups in total. The van der Waals surface area contributed by atoms with Gasteiger partial charge in [0, 0.05) is 18.6 Å². The number of phenols is 1. The highest BCUT2D eigenvalue weighted by Gasteiger charge is 2.32. The number of carboxylic acid groups (broad SMARTS) is 1. The summed E-state index contributed by atoms with van der Waals surface area (Å²) in [6, 6.07) is 10.8. The van der Waals surface area contributed by atoms with Gasteiger partial charge in [-0.25, -0.2) is 4.79 Å². The molecule has 0 aliphatic rings. The number of aromatic hydroxyl groups is 1. The SMILES string of the molecule is CCC(C)C(NC(=O)C(Cc1ccc(O)cc1)NC(=O)C(Cc1ccccc1)NC(=O)C(N)CS)C(=O)O. The molecule has 11 heteroatoms. The number of phenolic OH excluding ortho intramolecular Hbond substituents is 1. The number of aliphatic carboxylic acids is 1. The molecule has 206 valence electrons. The molecule has 0 fully saturated rings. The number of nitrogens with two attached hydrogens (primary N) is 1. The van der Waals surface area contributed by atoms with Crippen LogP contribution >= 0.6 is 12.6 Å². The summed E-state index contributed by atoms with van der Waals surface area (Å²) in [6.07, 6.45) is 0.672. The Bertz CT molecular complexity index is 1080. The highest BCUT2D eigenvalue weighted by atomic mass is 32.1. The van der Waals surface area contributed by atoms with E-state index >= 15 is 0 Å². The third kappa shape index (κ3) is 9.38. The molecule has 0 saturated carbocycles. The van der Waals surface area contributed by atoms with Crippen LogP contribution in [0, 0.1) is 5.92 Å². The van der Waals surface area contributed by atoms with Crippen molar-refractivity contribution in [2.24, 2.45) is 11.7 Å². The molecule has 0 radical (unpaired) electrons. The average Bonchev–Trinajstić information content (AvgIpc) is 2.91. The average molecular weight is 545 g/mol. The Morgan fingerprint density at radius 3 is 1.84 bits per heavy atom. The Labute approximate surface area is 227 Å². The van der Waals surface area contributed by atoms with Crippen molar-refractivity contribution in [3.8, 4) is 5.75 Å². The quantitative estimate of drug-likeness (QED) is 0.174. The zero-order valence-corrected chi connectivity index (χ0v) is 22.4. The summed E-state index contributed by atoms with van der Waals surface area (Å²) in [4.78, 5) is 51.1. The Morgan fingerprint density at radius 2 is 1.34 bits per heavy atom. The van der Waals surface area contributed by atoms with Gasteiger partial charge in [0.2, 0.25) is 17.7 Å². The van der Waals surface area contributed by atoms with Crippen molar-refractivity contribution < 1.29 is 29.4 Å². The molecule has 0 aliphatic carbocycles. The Morgan fingerprint density at radius 1 is 0.842 bits per heavy atom. The lowest BCUT2D eigenvalue weighted by Gasteiger charge is -2.26. The van der Waals surface area contributed by atoms with Crippen LogP contribution in [0.5, 0.6) is 5.75 Å². The molecule has 3 amide bonds. The maximum atomic E-state index is 13.4. The molecule has 10 nitrogen and oxygen atoms in total. The molecule has 5 atom stereocenters. The molecular formula is C27H36N4O6S. The van der Waals surface area contributed by atoms with Gasteiger partial charge < -0.3 is 31.9 Å². The number of hydrogen-bond acceptors (Lipinski definition) is 7. The number of carbonyl (C=O) groups excluding carboxylic acids is 3. The molecule has 2 rings (SSSR count). The molecule has 38 heavy (non-hydrogen) atoms. The summed E-state index contributed by atoms with van der Waals surface area (Å²) in [6.45, 7) is 3.53. The summed E-state index contributed by atoms with van der Waals surface area (Å²) in [5.41, 5.74) is 7.18. The molecule has 0 aliphatic heterocycles. The predicted molar refractivity (Wildman–Crippen MR) is 147 cm³/mol. The molecular weight excluding hydrogens is 508 g/mol. The summed E-state index contributed by atoms with van der Waals surface area (Å²) in [7, 11) is 0. The summed E-state index contributed by atoms with van der Waals surface area (Å²) < 4.78 is 0. The zero-order valence-electron chi connectivity index (χ0n) is 21.5. The van der Waals surface area contributed by atoms with Gasteiger partial charge in [0.15, 0.2) is 0 Å². The topological polar surface area (TPSA) is 171 Å². The lowest BCUT2D eigenvalue weighted by molar-refractivity contribution is -0.143. The first kappa shape index (κ1) is 30.7. The van der Waals surface area contributed by atoms with Crippen LogP contribution in [-0.2, 0) is 32.0 Å². The van der Waals surface area contributed by atoms with E-state index in [0.29, 0.717) is 12.0 Å².